The summed E-state index contributed by atoms with van der Waals surface area (Å²) >= 11 is 1.52. The molecule has 0 aliphatic heterocycles. The summed E-state index contributed by atoms with van der Waals surface area (Å²) in [6.07, 6.45) is 0.366. The van der Waals surface area contributed by atoms with Gasteiger partial charge in [0.05, 0.1) is 17.8 Å². The van der Waals surface area contributed by atoms with Crippen molar-refractivity contribution in [2.45, 2.75) is 18.5 Å². The highest BCUT2D eigenvalue weighted by Gasteiger charge is 2.11. The molecule has 0 aliphatic rings. The smallest absolute Gasteiger partial charge is 0.225 e. The van der Waals surface area contributed by atoms with Gasteiger partial charge in [-0.3, -0.25) is 9.20 Å². The first-order chi connectivity index (χ1) is 13.8. The Morgan fingerprint density at radius 2 is 1.89 bits per heavy atom. The third-order valence-electron chi connectivity index (χ3n) is 4.27. The topological polar surface area (TPSA) is 68.5 Å². The summed E-state index contributed by atoms with van der Waals surface area (Å²) in [4.78, 5) is 12.4. The van der Waals surface area contributed by atoms with Crippen LogP contribution < -0.4 is 10.1 Å². The summed E-state index contributed by atoms with van der Waals surface area (Å²) in [7, 11) is 0. The van der Waals surface area contributed by atoms with Crippen LogP contribution in [0.1, 0.15) is 13.3 Å². The van der Waals surface area contributed by atoms with Gasteiger partial charge in [0.2, 0.25) is 5.91 Å². The van der Waals surface area contributed by atoms with Gasteiger partial charge in [-0.05, 0) is 42.6 Å². The molecule has 2 heterocycles. The predicted molar refractivity (Wildman–Crippen MR) is 112 cm³/mol. The second-order valence-corrected chi connectivity index (χ2v) is 7.21. The molecule has 28 heavy (non-hydrogen) atoms. The van der Waals surface area contributed by atoms with Crippen LogP contribution in [0.25, 0.3) is 16.6 Å². The summed E-state index contributed by atoms with van der Waals surface area (Å²) in [5, 5.41) is 13.4. The van der Waals surface area contributed by atoms with Crippen molar-refractivity contribution in [3.63, 3.8) is 0 Å². The van der Waals surface area contributed by atoms with E-state index in [0.717, 1.165) is 21.7 Å². The van der Waals surface area contributed by atoms with Crippen molar-refractivity contribution in [3.05, 3.63) is 60.7 Å². The van der Waals surface area contributed by atoms with Crippen LogP contribution in [0.2, 0.25) is 0 Å². The number of ether oxygens (including phenoxy) is 1. The van der Waals surface area contributed by atoms with Crippen LogP contribution in [-0.4, -0.2) is 32.9 Å². The van der Waals surface area contributed by atoms with Gasteiger partial charge in [0.15, 0.2) is 10.8 Å². The van der Waals surface area contributed by atoms with Crippen LogP contribution in [0.15, 0.2) is 65.8 Å². The van der Waals surface area contributed by atoms with E-state index in [4.69, 9.17) is 4.74 Å². The number of pyridine rings is 1. The second kappa shape index (κ2) is 8.31. The number of anilines is 1. The number of fused-ring (bicyclic) bond motifs is 3. The highest BCUT2D eigenvalue weighted by molar-refractivity contribution is 7.99. The number of aromatic nitrogens is 3. The number of benzene rings is 2. The zero-order valence-electron chi connectivity index (χ0n) is 15.5. The van der Waals surface area contributed by atoms with Crippen LogP contribution in [0, 0.1) is 0 Å². The lowest BCUT2D eigenvalue weighted by Gasteiger charge is -2.11. The van der Waals surface area contributed by atoms with Crippen molar-refractivity contribution in [2.24, 2.45) is 0 Å². The molecule has 2 aromatic carbocycles. The Morgan fingerprint density at radius 1 is 1.07 bits per heavy atom. The van der Waals surface area contributed by atoms with Gasteiger partial charge < -0.3 is 10.1 Å². The quantitative estimate of drug-likeness (QED) is 0.472. The molecule has 0 radical (unpaired) electrons. The second-order valence-electron chi connectivity index (χ2n) is 6.14. The maximum absolute atomic E-state index is 12.4. The number of carbonyl (C=O) groups excluding carboxylic acids is 1. The summed E-state index contributed by atoms with van der Waals surface area (Å²) < 4.78 is 7.58. The minimum absolute atomic E-state index is 0.0571. The Kier molecular flexibility index (Phi) is 5.43. The van der Waals surface area contributed by atoms with Crippen molar-refractivity contribution < 1.29 is 9.53 Å². The molecule has 142 valence electrons. The maximum atomic E-state index is 12.4. The molecule has 0 saturated carbocycles. The molecular formula is C21H20N4O2S. The number of hydrogen-bond acceptors (Lipinski definition) is 5. The van der Waals surface area contributed by atoms with Crippen molar-refractivity contribution in [2.75, 3.05) is 17.7 Å². The number of amides is 1. The van der Waals surface area contributed by atoms with Crippen molar-refractivity contribution in [1.29, 1.82) is 0 Å². The number of para-hydroxylation sites is 3. The molecule has 0 spiro atoms. The molecule has 6 nitrogen and oxygen atoms in total. The molecule has 0 fully saturated rings. The number of carbonyl (C=O) groups is 1. The zero-order chi connectivity index (χ0) is 19.3. The van der Waals surface area contributed by atoms with E-state index in [2.05, 4.69) is 21.6 Å². The van der Waals surface area contributed by atoms with Gasteiger partial charge in [-0.1, -0.05) is 42.1 Å². The fraction of sp³-hybridized carbons (Fsp3) is 0.190. The average Bonchev–Trinajstić information content (AvgIpc) is 3.13. The minimum atomic E-state index is -0.0571. The Hall–Kier alpha value is -3.06. The average molecular weight is 392 g/mol. The lowest BCUT2D eigenvalue weighted by atomic mass is 10.2. The molecule has 2 aromatic heterocycles. The third kappa shape index (κ3) is 3.80. The zero-order valence-corrected chi connectivity index (χ0v) is 16.3. The van der Waals surface area contributed by atoms with Crippen molar-refractivity contribution >= 4 is 39.9 Å². The van der Waals surface area contributed by atoms with E-state index < -0.39 is 0 Å². The van der Waals surface area contributed by atoms with Gasteiger partial charge in [-0.15, -0.1) is 10.2 Å². The van der Waals surface area contributed by atoms with E-state index in [0.29, 0.717) is 30.2 Å². The molecule has 0 unspecified atom stereocenters. The van der Waals surface area contributed by atoms with Gasteiger partial charge in [0, 0.05) is 12.2 Å². The molecule has 1 N–H and O–H groups in total. The van der Waals surface area contributed by atoms with Crippen molar-refractivity contribution in [1.82, 2.24) is 14.6 Å². The maximum Gasteiger partial charge on any atom is 0.225 e. The fourth-order valence-electron chi connectivity index (χ4n) is 3.00. The molecule has 4 aromatic rings. The predicted octanol–water partition coefficient (Wildman–Crippen LogP) is 4.40. The van der Waals surface area contributed by atoms with E-state index in [9.17, 15) is 4.79 Å². The van der Waals surface area contributed by atoms with Crippen LogP contribution in [0.3, 0.4) is 0 Å². The Labute approximate surface area is 166 Å². The first-order valence-electron chi connectivity index (χ1n) is 9.13. The van der Waals surface area contributed by atoms with Crippen LogP contribution in [0.4, 0.5) is 5.69 Å². The third-order valence-corrected chi connectivity index (χ3v) is 5.20. The molecule has 0 bridgehead atoms. The van der Waals surface area contributed by atoms with Crippen molar-refractivity contribution in [3.8, 4) is 5.75 Å². The first-order valence-corrected chi connectivity index (χ1v) is 10.1. The largest absolute Gasteiger partial charge is 0.492 e. The Bertz CT molecular complexity index is 1130. The van der Waals surface area contributed by atoms with E-state index in [1.807, 2.05) is 65.9 Å². The molecular weight excluding hydrogens is 372 g/mol. The van der Waals surface area contributed by atoms with E-state index >= 15 is 0 Å². The monoisotopic (exact) mass is 392 g/mol. The highest BCUT2D eigenvalue weighted by atomic mass is 32.2. The number of hydrogen-bond donors (Lipinski definition) is 1. The summed E-state index contributed by atoms with van der Waals surface area (Å²) in [6.45, 7) is 2.47. The van der Waals surface area contributed by atoms with E-state index in [1.54, 1.807) is 0 Å². The van der Waals surface area contributed by atoms with Gasteiger partial charge in [0.1, 0.15) is 5.75 Å². The van der Waals surface area contributed by atoms with Crippen LogP contribution >= 0.6 is 11.8 Å². The number of thioether (sulfide) groups is 1. The van der Waals surface area contributed by atoms with Crippen LogP contribution in [-0.2, 0) is 4.79 Å². The minimum Gasteiger partial charge on any atom is -0.492 e. The summed E-state index contributed by atoms with van der Waals surface area (Å²) in [5.74, 6) is 1.23. The normalized spacial score (nSPS) is 11.0. The number of rotatable bonds is 7. The van der Waals surface area contributed by atoms with Crippen LogP contribution in [0.5, 0.6) is 5.75 Å². The lowest BCUT2D eigenvalue weighted by Crippen LogP contribution is -2.13. The molecule has 0 atom stereocenters. The Morgan fingerprint density at radius 3 is 2.79 bits per heavy atom. The summed E-state index contributed by atoms with van der Waals surface area (Å²) in [5.41, 5.74) is 2.55. The SMILES string of the molecule is CCOc1ccccc1NC(=O)CCSc1nnc2ccc3ccccc3n12. The standard InChI is InChI=1S/C21H20N4O2S/c1-2-27-18-10-6-4-8-16(18)22-20(26)13-14-28-21-24-23-19-12-11-15-7-3-5-9-17(15)25(19)21/h3-12H,2,13-14H2,1H3,(H,22,26). The van der Waals surface area contributed by atoms with E-state index in [1.165, 1.54) is 11.8 Å². The van der Waals surface area contributed by atoms with Gasteiger partial charge in [-0.25, -0.2) is 0 Å². The molecule has 0 aliphatic carbocycles. The first kappa shape index (κ1) is 18.3. The molecule has 1 amide bonds. The lowest BCUT2D eigenvalue weighted by molar-refractivity contribution is -0.115. The molecule has 4 rings (SSSR count). The molecule has 0 saturated heterocycles. The summed E-state index contributed by atoms with van der Waals surface area (Å²) in [6, 6.07) is 19.6. The van der Waals surface area contributed by atoms with Gasteiger partial charge in [0.25, 0.3) is 0 Å². The number of nitrogens with zero attached hydrogens (tertiary/aromatic N) is 3. The number of nitrogens with one attached hydrogen (secondary N) is 1. The van der Waals surface area contributed by atoms with Gasteiger partial charge in [-0.2, -0.15) is 0 Å². The Balaban J connectivity index is 1.43. The van der Waals surface area contributed by atoms with E-state index in [-0.39, 0.29) is 5.91 Å². The highest BCUT2D eigenvalue weighted by Crippen LogP contribution is 2.25. The molecule has 7 heteroatoms. The fourth-order valence-corrected chi connectivity index (χ4v) is 3.89. The van der Waals surface area contributed by atoms with Gasteiger partial charge >= 0.3 is 0 Å².